The van der Waals surface area contributed by atoms with Crippen LogP contribution in [0.4, 0.5) is 11.4 Å². The van der Waals surface area contributed by atoms with Gasteiger partial charge in [0.15, 0.2) is 0 Å². The largest absolute Gasteiger partial charge is 0.497 e. The summed E-state index contributed by atoms with van der Waals surface area (Å²) >= 11 is 6.08. The maximum Gasteiger partial charge on any atom is 0.271 e. The first-order chi connectivity index (χ1) is 15.9. The highest BCUT2D eigenvalue weighted by molar-refractivity contribution is 6.33. The quantitative estimate of drug-likeness (QED) is 0.402. The molecule has 0 atom stereocenters. The number of benzene rings is 2. The normalized spacial score (nSPS) is 14.7. The number of nitrogens with one attached hydrogen (secondary N) is 1. The van der Waals surface area contributed by atoms with E-state index in [1.165, 1.54) is 18.2 Å². The van der Waals surface area contributed by atoms with E-state index in [-0.39, 0.29) is 28.2 Å². The number of hydrogen-bond acceptors (Lipinski definition) is 8. The number of halogens is 1. The van der Waals surface area contributed by atoms with Crippen LogP contribution in [-0.4, -0.2) is 46.1 Å². The van der Waals surface area contributed by atoms with Gasteiger partial charge >= 0.3 is 0 Å². The molecule has 10 nitrogen and oxygen atoms in total. The summed E-state index contributed by atoms with van der Waals surface area (Å²) in [4.78, 5) is 29.7. The molecule has 172 valence electrons. The molecule has 1 aliphatic heterocycles. The number of methoxy groups -OCH3 is 1. The molecular weight excluding hydrogens is 450 g/mol. The zero-order valence-electron chi connectivity index (χ0n) is 17.9. The lowest BCUT2D eigenvalue weighted by Crippen LogP contribution is -2.37. The molecule has 11 heteroatoms. The number of nitrogens with zero attached hydrogens (tertiary/aromatic N) is 4. The van der Waals surface area contributed by atoms with Crippen molar-refractivity contribution in [3.63, 3.8) is 0 Å². The predicted octanol–water partition coefficient (Wildman–Crippen LogP) is 4.16. The molecule has 1 aromatic heterocycles. The minimum absolute atomic E-state index is 0.127. The van der Waals surface area contributed by atoms with Crippen LogP contribution in [0.3, 0.4) is 0 Å². The molecule has 0 bridgehead atoms. The zero-order chi connectivity index (χ0) is 23.4. The number of carbonyl (C=O) groups excluding carboxylic acids is 1. The fraction of sp³-hybridized carbons (Fsp3) is 0.318. The number of nitro benzene ring substituents is 1. The maximum atomic E-state index is 12.7. The van der Waals surface area contributed by atoms with E-state index in [0.717, 1.165) is 11.3 Å². The number of hydrogen-bond donors (Lipinski definition) is 1. The van der Waals surface area contributed by atoms with Gasteiger partial charge in [-0.05, 0) is 56.3 Å². The third-order valence-electron chi connectivity index (χ3n) is 5.55. The number of aromatic nitrogens is 2. The van der Waals surface area contributed by atoms with E-state index in [1.54, 1.807) is 7.11 Å². The summed E-state index contributed by atoms with van der Waals surface area (Å²) in [5, 5.41) is 18.0. The van der Waals surface area contributed by atoms with Crippen LogP contribution in [0.5, 0.6) is 5.75 Å². The Hall–Kier alpha value is -3.50. The van der Waals surface area contributed by atoms with Gasteiger partial charge in [0.05, 0.1) is 29.3 Å². The molecule has 33 heavy (non-hydrogen) atoms. The number of non-ortho nitro benzene ring substituents is 1. The maximum absolute atomic E-state index is 12.7. The number of carbonyl (C=O) groups is 1. The van der Waals surface area contributed by atoms with E-state index in [2.05, 4.69) is 20.4 Å². The van der Waals surface area contributed by atoms with E-state index < -0.39 is 4.92 Å². The molecule has 4 rings (SSSR count). The minimum atomic E-state index is -0.526. The Morgan fingerprint density at radius 2 is 2.00 bits per heavy atom. The van der Waals surface area contributed by atoms with E-state index in [1.807, 2.05) is 24.3 Å². The molecule has 1 aliphatic rings. The second-order valence-electron chi connectivity index (χ2n) is 7.70. The summed E-state index contributed by atoms with van der Waals surface area (Å²) in [6.07, 6.45) is 1.27. The van der Waals surface area contributed by atoms with E-state index in [0.29, 0.717) is 44.2 Å². The second kappa shape index (κ2) is 9.97. The number of rotatable bonds is 7. The summed E-state index contributed by atoms with van der Waals surface area (Å²) in [5.41, 5.74) is 0.953. The highest BCUT2D eigenvalue weighted by Gasteiger charge is 2.27. The standard InChI is InChI=1S/C22H22ClN5O5/c1-32-17-5-2-14(3-6-17)21-25-20(33-26-21)13-27-10-8-15(9-11-27)22(29)24-19-12-16(28(30)31)4-7-18(19)23/h2-7,12,15H,8-11,13H2,1H3,(H,24,29). The number of ether oxygens (including phenoxy) is 1. The van der Waals surface area contributed by atoms with Crippen molar-refractivity contribution >= 4 is 28.9 Å². The van der Waals surface area contributed by atoms with Gasteiger partial charge in [0, 0.05) is 23.6 Å². The smallest absolute Gasteiger partial charge is 0.271 e. The van der Waals surface area contributed by atoms with Crippen molar-refractivity contribution in [3.8, 4) is 17.1 Å². The fourth-order valence-corrected chi connectivity index (χ4v) is 3.84. The van der Waals surface area contributed by atoms with Crippen molar-refractivity contribution in [2.75, 3.05) is 25.5 Å². The van der Waals surface area contributed by atoms with E-state index in [9.17, 15) is 14.9 Å². The minimum Gasteiger partial charge on any atom is -0.497 e. The van der Waals surface area contributed by atoms with Crippen LogP contribution < -0.4 is 10.1 Å². The molecule has 0 aliphatic carbocycles. The van der Waals surface area contributed by atoms with Crippen LogP contribution in [-0.2, 0) is 11.3 Å². The van der Waals surface area contributed by atoms with Crippen LogP contribution in [0, 0.1) is 16.0 Å². The highest BCUT2D eigenvalue weighted by atomic mass is 35.5. The summed E-state index contributed by atoms with van der Waals surface area (Å²) in [6.45, 7) is 1.86. The van der Waals surface area contributed by atoms with Gasteiger partial charge in [-0.25, -0.2) is 0 Å². The predicted molar refractivity (Wildman–Crippen MR) is 121 cm³/mol. The van der Waals surface area contributed by atoms with Crippen LogP contribution in [0.25, 0.3) is 11.4 Å². The summed E-state index contributed by atoms with van der Waals surface area (Å²) in [7, 11) is 1.61. The van der Waals surface area contributed by atoms with Crippen LogP contribution in [0.2, 0.25) is 5.02 Å². The molecule has 0 radical (unpaired) electrons. The molecule has 1 N–H and O–H groups in total. The molecule has 1 amide bonds. The molecule has 0 spiro atoms. The third-order valence-corrected chi connectivity index (χ3v) is 5.88. The van der Waals surface area contributed by atoms with Gasteiger partial charge in [-0.1, -0.05) is 16.8 Å². The van der Waals surface area contributed by atoms with E-state index in [4.69, 9.17) is 20.9 Å². The molecule has 0 saturated carbocycles. The topological polar surface area (TPSA) is 124 Å². The first kappa shape index (κ1) is 22.7. The summed E-state index contributed by atoms with van der Waals surface area (Å²) in [6, 6.07) is 11.4. The lowest BCUT2D eigenvalue weighted by Gasteiger charge is -2.30. The Balaban J connectivity index is 1.30. The van der Waals surface area contributed by atoms with Crippen LogP contribution in [0.15, 0.2) is 47.0 Å². The number of anilines is 1. The Kier molecular flexibility index (Phi) is 6.85. The van der Waals surface area contributed by atoms with Crippen molar-refractivity contribution in [2.45, 2.75) is 19.4 Å². The highest BCUT2D eigenvalue weighted by Crippen LogP contribution is 2.28. The number of amides is 1. The molecule has 3 aromatic rings. The summed E-state index contributed by atoms with van der Waals surface area (Å²) in [5.74, 6) is 1.36. The average molecular weight is 472 g/mol. The van der Waals surface area contributed by atoms with Crippen molar-refractivity contribution < 1.29 is 19.0 Å². The van der Waals surface area contributed by atoms with Gasteiger partial charge in [0.1, 0.15) is 5.75 Å². The van der Waals surface area contributed by atoms with Crippen molar-refractivity contribution in [1.29, 1.82) is 0 Å². The molecule has 2 aromatic carbocycles. The number of likely N-dealkylation sites (tertiary alicyclic amines) is 1. The molecular formula is C22H22ClN5O5. The number of nitro groups is 1. The lowest BCUT2D eigenvalue weighted by molar-refractivity contribution is -0.384. The lowest BCUT2D eigenvalue weighted by atomic mass is 9.96. The first-order valence-corrected chi connectivity index (χ1v) is 10.7. The Morgan fingerprint density at radius 1 is 1.27 bits per heavy atom. The molecule has 1 fully saturated rings. The van der Waals surface area contributed by atoms with E-state index >= 15 is 0 Å². The van der Waals surface area contributed by atoms with Crippen LogP contribution in [0.1, 0.15) is 18.7 Å². The van der Waals surface area contributed by atoms with Crippen LogP contribution >= 0.6 is 11.6 Å². The van der Waals surface area contributed by atoms with Crippen molar-refractivity contribution in [2.24, 2.45) is 5.92 Å². The Bertz CT molecular complexity index is 1140. The first-order valence-electron chi connectivity index (χ1n) is 10.4. The average Bonchev–Trinajstić information content (AvgIpc) is 3.29. The van der Waals surface area contributed by atoms with Gasteiger partial charge in [-0.15, -0.1) is 0 Å². The second-order valence-corrected chi connectivity index (χ2v) is 8.11. The Morgan fingerprint density at radius 3 is 2.67 bits per heavy atom. The van der Waals surface area contributed by atoms with Crippen molar-refractivity contribution in [3.05, 3.63) is 63.5 Å². The monoisotopic (exact) mass is 471 g/mol. The van der Waals surface area contributed by atoms with Gasteiger partial charge in [-0.2, -0.15) is 4.98 Å². The third kappa shape index (κ3) is 5.47. The van der Waals surface area contributed by atoms with Gasteiger partial charge in [-0.3, -0.25) is 19.8 Å². The fourth-order valence-electron chi connectivity index (χ4n) is 3.68. The number of piperidine rings is 1. The van der Waals surface area contributed by atoms with Crippen molar-refractivity contribution in [1.82, 2.24) is 15.0 Å². The summed E-state index contributed by atoms with van der Waals surface area (Å²) < 4.78 is 10.5. The zero-order valence-corrected chi connectivity index (χ0v) is 18.6. The van der Waals surface area contributed by atoms with Gasteiger partial charge in [0.25, 0.3) is 5.69 Å². The molecule has 1 saturated heterocycles. The SMILES string of the molecule is COc1ccc(-c2noc(CN3CCC(C(=O)Nc4cc([N+](=O)[O-])ccc4Cl)CC3)n2)cc1. The Labute approximate surface area is 194 Å². The van der Waals surface area contributed by atoms with Gasteiger partial charge in [0.2, 0.25) is 17.6 Å². The molecule has 0 unspecified atom stereocenters. The van der Waals surface area contributed by atoms with Gasteiger partial charge < -0.3 is 14.6 Å². The molecule has 2 heterocycles.